The van der Waals surface area contributed by atoms with Crippen molar-refractivity contribution in [1.82, 2.24) is 5.32 Å². The highest BCUT2D eigenvalue weighted by atomic mass is 16.5. The average molecular weight is 263 g/mol. The van der Waals surface area contributed by atoms with Crippen molar-refractivity contribution < 1.29 is 13.9 Å². The second kappa shape index (κ2) is 6.70. The van der Waals surface area contributed by atoms with Crippen LogP contribution < -0.4 is 5.32 Å². The molecule has 1 N–H and O–H groups in total. The second-order valence-electron chi connectivity index (χ2n) is 4.61. The van der Waals surface area contributed by atoms with Gasteiger partial charge in [-0.05, 0) is 20.0 Å². The van der Waals surface area contributed by atoms with E-state index in [0.717, 1.165) is 22.3 Å². The zero-order chi connectivity index (χ0) is 13.7. The molecule has 0 aliphatic rings. The minimum atomic E-state index is 0.0705. The first kappa shape index (κ1) is 14.1. The van der Waals surface area contributed by atoms with Crippen LogP contribution in [0.3, 0.4) is 0 Å². The van der Waals surface area contributed by atoms with Gasteiger partial charge in [0.2, 0.25) is 0 Å². The molecule has 1 heterocycles. The fourth-order valence-corrected chi connectivity index (χ4v) is 2.12. The zero-order valence-corrected chi connectivity index (χ0v) is 11.7. The van der Waals surface area contributed by atoms with Gasteiger partial charge in [-0.3, -0.25) is 0 Å². The topological polar surface area (TPSA) is 43.6 Å². The molecule has 1 aromatic carbocycles. The Labute approximate surface area is 113 Å². The lowest BCUT2D eigenvalue weighted by atomic mass is 10.1. The number of furan rings is 1. The third kappa shape index (κ3) is 3.35. The predicted octanol–water partition coefficient (Wildman–Crippen LogP) is 2.70. The quantitative estimate of drug-likeness (QED) is 0.834. The SMILES string of the molecule is CNCc1oc2ccccc2c1COC(C)COC. The van der Waals surface area contributed by atoms with Gasteiger partial charge in [0.25, 0.3) is 0 Å². The molecule has 4 heteroatoms. The summed E-state index contributed by atoms with van der Waals surface area (Å²) in [6.07, 6.45) is 0.0705. The molecule has 1 aromatic heterocycles. The maximum atomic E-state index is 5.86. The molecular weight excluding hydrogens is 242 g/mol. The number of hydrogen-bond acceptors (Lipinski definition) is 4. The molecule has 0 saturated carbocycles. The number of fused-ring (bicyclic) bond motifs is 1. The van der Waals surface area contributed by atoms with Gasteiger partial charge in [-0.25, -0.2) is 0 Å². The normalized spacial score (nSPS) is 13.0. The van der Waals surface area contributed by atoms with E-state index in [1.807, 2.05) is 32.2 Å². The van der Waals surface area contributed by atoms with E-state index < -0.39 is 0 Å². The molecule has 0 fully saturated rings. The summed E-state index contributed by atoms with van der Waals surface area (Å²) in [5.74, 6) is 0.938. The van der Waals surface area contributed by atoms with Crippen LogP contribution in [-0.2, 0) is 22.6 Å². The summed E-state index contributed by atoms with van der Waals surface area (Å²) < 4.78 is 16.7. The Hall–Kier alpha value is -1.36. The first-order valence-corrected chi connectivity index (χ1v) is 6.50. The van der Waals surface area contributed by atoms with Crippen LogP contribution in [0.5, 0.6) is 0 Å². The largest absolute Gasteiger partial charge is 0.459 e. The van der Waals surface area contributed by atoms with Gasteiger partial charge in [0, 0.05) is 18.1 Å². The van der Waals surface area contributed by atoms with E-state index in [2.05, 4.69) is 11.4 Å². The van der Waals surface area contributed by atoms with Crippen molar-refractivity contribution in [3.8, 4) is 0 Å². The summed E-state index contributed by atoms with van der Waals surface area (Å²) in [7, 11) is 3.59. The maximum absolute atomic E-state index is 5.86. The van der Waals surface area contributed by atoms with Crippen molar-refractivity contribution in [2.75, 3.05) is 20.8 Å². The first-order chi connectivity index (χ1) is 9.26. The predicted molar refractivity (Wildman–Crippen MR) is 75.1 cm³/mol. The van der Waals surface area contributed by atoms with Gasteiger partial charge in [-0.15, -0.1) is 0 Å². The fourth-order valence-electron chi connectivity index (χ4n) is 2.12. The molecule has 1 atom stereocenters. The van der Waals surface area contributed by atoms with Gasteiger partial charge in [-0.1, -0.05) is 18.2 Å². The Balaban J connectivity index is 2.21. The lowest BCUT2D eigenvalue weighted by Gasteiger charge is -2.12. The minimum Gasteiger partial charge on any atom is -0.459 e. The van der Waals surface area contributed by atoms with E-state index in [-0.39, 0.29) is 6.10 Å². The number of para-hydroxylation sites is 1. The summed E-state index contributed by atoms with van der Waals surface area (Å²) in [6, 6.07) is 8.05. The van der Waals surface area contributed by atoms with Crippen molar-refractivity contribution in [2.45, 2.75) is 26.2 Å². The molecule has 0 radical (unpaired) electrons. The van der Waals surface area contributed by atoms with Gasteiger partial charge < -0.3 is 19.2 Å². The number of rotatable bonds is 7. The van der Waals surface area contributed by atoms with E-state index in [0.29, 0.717) is 19.8 Å². The fraction of sp³-hybridized carbons (Fsp3) is 0.467. The molecule has 4 nitrogen and oxygen atoms in total. The Morgan fingerprint density at radius 2 is 2.11 bits per heavy atom. The standard InChI is InChI=1S/C15H21NO3/c1-11(9-17-3)18-10-13-12-6-4-5-7-14(12)19-15(13)8-16-2/h4-7,11,16H,8-10H2,1-3H3. The highest BCUT2D eigenvalue weighted by molar-refractivity contribution is 5.82. The molecule has 2 rings (SSSR count). The van der Waals surface area contributed by atoms with Gasteiger partial charge in [0.05, 0.1) is 25.9 Å². The third-order valence-corrected chi connectivity index (χ3v) is 3.03. The molecular formula is C15H21NO3. The maximum Gasteiger partial charge on any atom is 0.134 e. The van der Waals surface area contributed by atoms with Crippen LogP contribution in [-0.4, -0.2) is 26.9 Å². The monoisotopic (exact) mass is 263 g/mol. The number of benzene rings is 1. The van der Waals surface area contributed by atoms with E-state index in [1.54, 1.807) is 7.11 Å². The van der Waals surface area contributed by atoms with Crippen LogP contribution in [0.15, 0.2) is 28.7 Å². The lowest BCUT2D eigenvalue weighted by Crippen LogP contribution is -2.15. The van der Waals surface area contributed by atoms with E-state index in [4.69, 9.17) is 13.9 Å². The molecule has 0 saturated heterocycles. The van der Waals surface area contributed by atoms with Gasteiger partial charge in [-0.2, -0.15) is 0 Å². The Kier molecular flexibility index (Phi) is 4.96. The molecule has 19 heavy (non-hydrogen) atoms. The molecule has 0 amide bonds. The van der Waals surface area contributed by atoms with Crippen molar-refractivity contribution >= 4 is 11.0 Å². The van der Waals surface area contributed by atoms with Crippen molar-refractivity contribution in [3.63, 3.8) is 0 Å². The van der Waals surface area contributed by atoms with Crippen LogP contribution in [0.4, 0.5) is 0 Å². The van der Waals surface area contributed by atoms with E-state index >= 15 is 0 Å². The highest BCUT2D eigenvalue weighted by Crippen LogP contribution is 2.26. The van der Waals surface area contributed by atoms with E-state index in [9.17, 15) is 0 Å². The second-order valence-corrected chi connectivity index (χ2v) is 4.61. The molecule has 1 unspecified atom stereocenters. The van der Waals surface area contributed by atoms with Crippen LogP contribution in [0, 0.1) is 0 Å². The van der Waals surface area contributed by atoms with Crippen LogP contribution in [0.25, 0.3) is 11.0 Å². The van der Waals surface area contributed by atoms with Crippen molar-refractivity contribution in [3.05, 3.63) is 35.6 Å². The Morgan fingerprint density at radius 1 is 1.32 bits per heavy atom. The number of hydrogen-bond donors (Lipinski definition) is 1. The van der Waals surface area contributed by atoms with Crippen LogP contribution in [0.1, 0.15) is 18.2 Å². The van der Waals surface area contributed by atoms with E-state index in [1.165, 1.54) is 0 Å². The molecule has 0 aliphatic heterocycles. The number of methoxy groups -OCH3 is 1. The summed E-state index contributed by atoms with van der Waals surface area (Å²) >= 11 is 0. The molecule has 2 aromatic rings. The smallest absolute Gasteiger partial charge is 0.134 e. The van der Waals surface area contributed by atoms with Crippen molar-refractivity contribution in [1.29, 1.82) is 0 Å². The van der Waals surface area contributed by atoms with Gasteiger partial charge in [0.1, 0.15) is 11.3 Å². The van der Waals surface area contributed by atoms with Crippen molar-refractivity contribution in [2.24, 2.45) is 0 Å². The minimum absolute atomic E-state index is 0.0705. The molecule has 0 aliphatic carbocycles. The summed E-state index contributed by atoms with van der Waals surface area (Å²) in [4.78, 5) is 0. The highest BCUT2D eigenvalue weighted by Gasteiger charge is 2.14. The van der Waals surface area contributed by atoms with Gasteiger partial charge >= 0.3 is 0 Å². The summed E-state index contributed by atoms with van der Waals surface area (Å²) in [6.45, 7) is 3.84. The van der Waals surface area contributed by atoms with Crippen LogP contribution in [0.2, 0.25) is 0 Å². The average Bonchev–Trinajstić information content (AvgIpc) is 2.75. The number of ether oxygens (including phenoxy) is 2. The molecule has 104 valence electrons. The third-order valence-electron chi connectivity index (χ3n) is 3.03. The Morgan fingerprint density at radius 3 is 2.84 bits per heavy atom. The van der Waals surface area contributed by atoms with Crippen LogP contribution >= 0.6 is 0 Å². The summed E-state index contributed by atoms with van der Waals surface area (Å²) in [5.41, 5.74) is 2.03. The van der Waals surface area contributed by atoms with Gasteiger partial charge in [0.15, 0.2) is 0 Å². The first-order valence-electron chi connectivity index (χ1n) is 6.50. The Bertz CT molecular complexity index is 521. The number of nitrogens with one attached hydrogen (secondary N) is 1. The summed E-state index contributed by atoms with van der Waals surface area (Å²) in [5, 5.41) is 4.25. The molecule has 0 spiro atoms. The lowest BCUT2D eigenvalue weighted by molar-refractivity contribution is -0.000263. The zero-order valence-electron chi connectivity index (χ0n) is 11.7. The molecule has 0 bridgehead atoms.